The van der Waals surface area contributed by atoms with Crippen LogP contribution in [0.5, 0.6) is 0 Å². The van der Waals surface area contributed by atoms with Gasteiger partial charge in [-0.3, -0.25) is 4.79 Å². The van der Waals surface area contributed by atoms with Crippen LogP contribution in [0, 0.1) is 19.8 Å². The second-order valence-corrected chi connectivity index (χ2v) is 6.19. The Morgan fingerprint density at radius 2 is 2.10 bits per heavy atom. The molecule has 0 spiro atoms. The highest BCUT2D eigenvalue weighted by Gasteiger charge is 2.23. The van der Waals surface area contributed by atoms with Crippen LogP contribution in [-0.4, -0.2) is 17.0 Å². The first-order chi connectivity index (χ1) is 10.1. The first-order valence-electron chi connectivity index (χ1n) is 7.29. The molecule has 1 heterocycles. The van der Waals surface area contributed by atoms with Crippen LogP contribution in [0.4, 0.5) is 0 Å². The van der Waals surface area contributed by atoms with Gasteiger partial charge in [-0.05, 0) is 56.9 Å². The number of benzene rings is 1. The van der Waals surface area contributed by atoms with Gasteiger partial charge in [0.1, 0.15) is 0 Å². The Morgan fingerprint density at radius 3 is 2.76 bits per heavy atom. The van der Waals surface area contributed by atoms with E-state index in [1.165, 1.54) is 12.8 Å². The highest BCUT2D eigenvalue weighted by Crippen LogP contribution is 2.28. The maximum Gasteiger partial charge on any atom is 0.253 e. The van der Waals surface area contributed by atoms with Crippen molar-refractivity contribution >= 4 is 17.5 Å². The zero-order valence-corrected chi connectivity index (χ0v) is 13.1. The Labute approximate surface area is 129 Å². The Morgan fingerprint density at radius 1 is 1.33 bits per heavy atom. The maximum atomic E-state index is 12.3. The number of halogens is 1. The quantitative estimate of drug-likeness (QED) is 0.913. The van der Waals surface area contributed by atoms with E-state index in [2.05, 4.69) is 9.88 Å². The largest absolute Gasteiger partial charge is 0.352 e. The molecule has 1 saturated carbocycles. The van der Waals surface area contributed by atoms with Gasteiger partial charge in [0.25, 0.3) is 5.91 Å². The summed E-state index contributed by atoms with van der Waals surface area (Å²) in [6.07, 6.45) is 2.48. The lowest BCUT2D eigenvalue weighted by Crippen LogP contribution is -2.25. The third-order valence-electron chi connectivity index (χ3n) is 3.99. The second kappa shape index (κ2) is 5.57. The molecule has 0 saturated heterocycles. The highest BCUT2D eigenvalue weighted by molar-refractivity contribution is 6.30. The fourth-order valence-corrected chi connectivity index (χ4v) is 2.84. The molecule has 0 unspecified atom stereocenters. The highest BCUT2D eigenvalue weighted by atomic mass is 35.5. The van der Waals surface area contributed by atoms with Crippen molar-refractivity contribution in [1.29, 1.82) is 0 Å². The summed E-state index contributed by atoms with van der Waals surface area (Å²) in [4.78, 5) is 12.3. The van der Waals surface area contributed by atoms with E-state index < -0.39 is 0 Å². The molecular weight excluding hydrogens is 284 g/mol. The van der Waals surface area contributed by atoms with Crippen LogP contribution in [0.2, 0.25) is 5.02 Å². The average Bonchev–Trinajstić information content (AvgIpc) is 3.22. The molecule has 2 aromatic rings. The lowest BCUT2D eigenvalue weighted by molar-refractivity contribution is 0.0951. The van der Waals surface area contributed by atoms with E-state index in [0.717, 1.165) is 29.2 Å². The molecule has 1 aromatic carbocycles. The molecule has 1 aromatic heterocycles. The van der Waals surface area contributed by atoms with Crippen molar-refractivity contribution < 1.29 is 4.79 Å². The minimum absolute atomic E-state index is 0.0169. The lowest BCUT2D eigenvalue weighted by Gasteiger charge is -2.10. The predicted molar refractivity (Wildman–Crippen MR) is 85.3 cm³/mol. The van der Waals surface area contributed by atoms with Crippen LogP contribution in [0.25, 0.3) is 5.69 Å². The van der Waals surface area contributed by atoms with Crippen molar-refractivity contribution in [3.63, 3.8) is 0 Å². The SMILES string of the molecule is Cc1cc(C(=O)NCC2CC2)c(C)n1-c1cccc(Cl)c1. The molecule has 1 aliphatic carbocycles. The van der Waals surface area contributed by atoms with E-state index in [9.17, 15) is 4.79 Å². The molecule has 3 nitrogen and oxygen atoms in total. The van der Waals surface area contributed by atoms with E-state index >= 15 is 0 Å². The van der Waals surface area contributed by atoms with Gasteiger partial charge in [0.2, 0.25) is 0 Å². The molecule has 1 aliphatic rings. The van der Waals surface area contributed by atoms with Gasteiger partial charge < -0.3 is 9.88 Å². The van der Waals surface area contributed by atoms with Crippen molar-refractivity contribution in [3.8, 4) is 5.69 Å². The normalized spacial score (nSPS) is 14.2. The second-order valence-electron chi connectivity index (χ2n) is 5.75. The molecule has 0 atom stereocenters. The molecule has 1 fully saturated rings. The van der Waals surface area contributed by atoms with Gasteiger partial charge >= 0.3 is 0 Å². The summed E-state index contributed by atoms with van der Waals surface area (Å²) in [7, 11) is 0. The standard InChI is InChI=1S/C17H19ClN2O/c1-11-8-16(17(21)19-10-13-6-7-13)12(2)20(11)15-5-3-4-14(18)9-15/h3-5,8-9,13H,6-7,10H2,1-2H3,(H,19,21). The fraction of sp³-hybridized carbons (Fsp3) is 0.353. The predicted octanol–water partition coefficient (Wildman–Crippen LogP) is 3.89. The molecule has 4 heteroatoms. The summed E-state index contributed by atoms with van der Waals surface area (Å²) in [6.45, 7) is 4.77. The Hall–Kier alpha value is -1.74. The zero-order valence-electron chi connectivity index (χ0n) is 12.3. The summed E-state index contributed by atoms with van der Waals surface area (Å²) in [5, 5.41) is 3.72. The van der Waals surface area contributed by atoms with Crippen LogP contribution in [-0.2, 0) is 0 Å². The summed E-state index contributed by atoms with van der Waals surface area (Å²) in [5.74, 6) is 0.702. The van der Waals surface area contributed by atoms with Gasteiger partial charge in [-0.1, -0.05) is 17.7 Å². The van der Waals surface area contributed by atoms with E-state index in [-0.39, 0.29) is 5.91 Å². The molecule has 21 heavy (non-hydrogen) atoms. The lowest BCUT2D eigenvalue weighted by atomic mass is 10.2. The average molecular weight is 303 g/mol. The zero-order chi connectivity index (χ0) is 15.0. The first kappa shape index (κ1) is 14.2. The Kier molecular flexibility index (Phi) is 3.77. The fourth-order valence-electron chi connectivity index (χ4n) is 2.66. The van der Waals surface area contributed by atoms with Crippen molar-refractivity contribution in [3.05, 3.63) is 52.3 Å². The molecule has 3 rings (SSSR count). The van der Waals surface area contributed by atoms with E-state index in [4.69, 9.17) is 11.6 Å². The van der Waals surface area contributed by atoms with Crippen LogP contribution >= 0.6 is 11.6 Å². The van der Waals surface area contributed by atoms with Gasteiger partial charge in [0, 0.05) is 28.6 Å². The number of rotatable bonds is 4. The number of aryl methyl sites for hydroxylation is 1. The number of carbonyl (C=O) groups excluding carboxylic acids is 1. The van der Waals surface area contributed by atoms with E-state index in [1.54, 1.807) is 0 Å². The van der Waals surface area contributed by atoms with Crippen molar-refractivity contribution in [1.82, 2.24) is 9.88 Å². The van der Waals surface area contributed by atoms with Gasteiger partial charge in [-0.2, -0.15) is 0 Å². The van der Waals surface area contributed by atoms with Crippen molar-refractivity contribution in [2.45, 2.75) is 26.7 Å². The molecule has 1 N–H and O–H groups in total. The third-order valence-corrected chi connectivity index (χ3v) is 4.23. The van der Waals surface area contributed by atoms with Gasteiger partial charge in [0.05, 0.1) is 5.56 Å². The number of hydrogen-bond donors (Lipinski definition) is 1. The van der Waals surface area contributed by atoms with Crippen LogP contribution in [0.3, 0.4) is 0 Å². The first-order valence-corrected chi connectivity index (χ1v) is 7.67. The maximum absolute atomic E-state index is 12.3. The molecule has 0 bridgehead atoms. The van der Waals surface area contributed by atoms with Gasteiger partial charge in [0.15, 0.2) is 0 Å². The van der Waals surface area contributed by atoms with Crippen LogP contribution in [0.1, 0.15) is 34.6 Å². The van der Waals surface area contributed by atoms with Crippen LogP contribution in [0.15, 0.2) is 30.3 Å². The minimum Gasteiger partial charge on any atom is -0.352 e. The molecule has 0 radical (unpaired) electrons. The number of aromatic nitrogens is 1. The summed E-state index contributed by atoms with van der Waals surface area (Å²) in [5.41, 5.74) is 3.71. The monoisotopic (exact) mass is 302 g/mol. The number of amides is 1. The van der Waals surface area contributed by atoms with Crippen molar-refractivity contribution in [2.75, 3.05) is 6.54 Å². The molecule has 110 valence electrons. The van der Waals surface area contributed by atoms with Crippen LogP contribution < -0.4 is 5.32 Å². The number of carbonyl (C=O) groups is 1. The smallest absolute Gasteiger partial charge is 0.253 e. The molecular formula is C17H19ClN2O. The topological polar surface area (TPSA) is 34.0 Å². The van der Waals surface area contributed by atoms with Gasteiger partial charge in [-0.25, -0.2) is 0 Å². The third kappa shape index (κ3) is 2.98. The molecule has 0 aliphatic heterocycles. The number of nitrogens with zero attached hydrogens (tertiary/aromatic N) is 1. The molecule has 1 amide bonds. The van der Waals surface area contributed by atoms with E-state index in [1.807, 2.05) is 44.2 Å². The van der Waals surface area contributed by atoms with Gasteiger partial charge in [-0.15, -0.1) is 0 Å². The summed E-state index contributed by atoms with van der Waals surface area (Å²) < 4.78 is 2.07. The Bertz CT molecular complexity index is 686. The summed E-state index contributed by atoms with van der Waals surface area (Å²) in [6, 6.07) is 9.62. The van der Waals surface area contributed by atoms with Crippen molar-refractivity contribution in [2.24, 2.45) is 5.92 Å². The Balaban J connectivity index is 1.90. The number of hydrogen-bond acceptors (Lipinski definition) is 1. The number of nitrogens with one attached hydrogen (secondary N) is 1. The van der Waals surface area contributed by atoms with E-state index in [0.29, 0.717) is 10.9 Å². The summed E-state index contributed by atoms with van der Waals surface area (Å²) >= 11 is 6.07. The minimum atomic E-state index is 0.0169.